The van der Waals surface area contributed by atoms with Crippen molar-refractivity contribution in [1.29, 1.82) is 0 Å². The summed E-state index contributed by atoms with van der Waals surface area (Å²) in [6.45, 7) is -3.10. The summed E-state index contributed by atoms with van der Waals surface area (Å²) in [6.07, 6.45) is -6.12. The van der Waals surface area contributed by atoms with Crippen LogP contribution in [0.5, 0.6) is 5.75 Å². The number of para-hydroxylation sites is 1. The van der Waals surface area contributed by atoms with Gasteiger partial charge in [-0.05, 0) is 54.1 Å². The molecule has 16 nitrogen and oxygen atoms in total. The molecule has 0 saturated heterocycles. The summed E-state index contributed by atoms with van der Waals surface area (Å²) in [5, 5.41) is 22.5. The van der Waals surface area contributed by atoms with Crippen LogP contribution >= 0.6 is 11.6 Å². The van der Waals surface area contributed by atoms with Crippen LogP contribution in [0.2, 0.25) is 5.15 Å². The molecule has 0 aliphatic carbocycles. The van der Waals surface area contributed by atoms with E-state index < -0.39 is 71.7 Å². The van der Waals surface area contributed by atoms with E-state index in [1.54, 1.807) is 12.1 Å². The molecule has 6 N–H and O–H groups in total. The number of ether oxygens (including phenoxy) is 1. The van der Waals surface area contributed by atoms with E-state index in [-0.39, 0.29) is 52.1 Å². The van der Waals surface area contributed by atoms with Gasteiger partial charge in [-0.2, -0.15) is 45.3 Å². The van der Waals surface area contributed by atoms with Gasteiger partial charge in [-0.15, -0.1) is 0 Å². The average molecular weight is 950 g/mol. The number of rotatable bonds is 12. The predicted octanol–water partition coefficient (Wildman–Crippen LogP) is 6.09. The molecule has 27 heteroatoms. The Kier molecular flexibility index (Phi) is 14.2. The number of nitrogens with one attached hydrogen (secondary N) is 2. The number of benzene rings is 3. The second kappa shape index (κ2) is 18.9. The van der Waals surface area contributed by atoms with Crippen molar-refractivity contribution in [3.05, 3.63) is 131 Å². The number of nitrogens with zero attached hydrogens (tertiary/aromatic N) is 5. The third kappa shape index (κ3) is 12.8. The van der Waals surface area contributed by atoms with Crippen LogP contribution in [0.15, 0.2) is 114 Å². The highest BCUT2D eigenvalue weighted by Crippen LogP contribution is 2.32. The van der Waals surface area contributed by atoms with Crippen molar-refractivity contribution in [3.8, 4) is 17.1 Å². The second-order valence-electron chi connectivity index (χ2n) is 12.7. The second-order valence-corrected chi connectivity index (χ2v) is 16.1. The summed E-state index contributed by atoms with van der Waals surface area (Å²) >= 11 is 5.90. The topological polar surface area (TPSA) is 236 Å². The van der Waals surface area contributed by atoms with Crippen molar-refractivity contribution in [3.63, 3.8) is 0 Å². The van der Waals surface area contributed by atoms with E-state index in [4.69, 9.17) is 21.9 Å². The molecule has 63 heavy (non-hydrogen) atoms. The number of halogens is 9. The molecule has 6 aromatic rings. The normalized spacial score (nSPS) is 12.1. The fourth-order valence-electron chi connectivity index (χ4n) is 5.39. The smallest absolute Gasteiger partial charge is 0.419 e. The van der Waals surface area contributed by atoms with Crippen LogP contribution in [0.25, 0.3) is 11.4 Å². The molecule has 0 spiro atoms. The van der Waals surface area contributed by atoms with E-state index in [0.717, 1.165) is 22.9 Å². The van der Waals surface area contributed by atoms with Gasteiger partial charge in [0.2, 0.25) is 31.9 Å². The first-order valence-electron chi connectivity index (χ1n) is 17.1. The molecule has 0 atom stereocenters. The number of carbonyl (C=O) groups excluding carboxylic acids is 2. The highest BCUT2D eigenvalue weighted by Gasteiger charge is 2.34. The van der Waals surface area contributed by atoms with Crippen molar-refractivity contribution >= 4 is 54.8 Å². The first kappa shape index (κ1) is 47.6. The minimum Gasteiger partial charge on any atom is -0.435 e. The van der Waals surface area contributed by atoms with Crippen LogP contribution in [0.3, 0.4) is 0 Å². The Hall–Kier alpha value is -6.48. The minimum atomic E-state index is -4.70. The average Bonchev–Trinajstić information content (AvgIpc) is 3.88. The molecular formula is C36H28ClF8N9O7S2. The number of hydrogen-bond donors (Lipinski definition) is 4. The highest BCUT2D eigenvalue weighted by molar-refractivity contribution is 7.89. The lowest BCUT2D eigenvalue weighted by molar-refractivity contribution is -0.138. The standard InChI is InChI=1S/C19H15F5N4O4S.C17H13ClF3N5O3S/c20-18(21)32-15-4-2-1-3-11(15)7-17(29)27-13-5-6-14(16(8-13)33(25,30)31)28-10-12(9-26-28)19(22,23)24;18-16-10(2-1-5-23-16)6-15(27)25-12-3-4-13(14(7-12)30(22,28)29)26-9-11(8-24-26)17(19,20)21/h1-6,8-10,18H,7H2,(H,27,29)(H2,25,30,31);1-5,7-9H,6H2,(H,25,27)(H2,22,28,29). The quantitative estimate of drug-likeness (QED) is 0.0814. The highest BCUT2D eigenvalue weighted by atomic mass is 35.5. The first-order chi connectivity index (χ1) is 29.3. The van der Waals surface area contributed by atoms with Gasteiger partial charge >= 0.3 is 19.0 Å². The van der Waals surface area contributed by atoms with Crippen LogP contribution in [0.4, 0.5) is 46.5 Å². The van der Waals surface area contributed by atoms with Gasteiger partial charge in [0.1, 0.15) is 20.7 Å². The number of pyridine rings is 1. The van der Waals surface area contributed by atoms with Crippen LogP contribution in [0.1, 0.15) is 22.3 Å². The Bertz CT molecular complexity index is 2870. The molecule has 3 heterocycles. The van der Waals surface area contributed by atoms with Crippen LogP contribution in [0, 0.1) is 0 Å². The molecule has 2 amide bonds. The molecule has 0 bridgehead atoms. The van der Waals surface area contributed by atoms with Crippen LogP contribution in [-0.4, -0.2) is 59.8 Å². The van der Waals surface area contributed by atoms with Crippen molar-refractivity contribution in [2.24, 2.45) is 10.3 Å². The maximum atomic E-state index is 12.8. The number of primary sulfonamides is 2. The summed E-state index contributed by atoms with van der Waals surface area (Å²) in [6, 6.07) is 15.6. The van der Waals surface area contributed by atoms with Gasteiger partial charge < -0.3 is 15.4 Å². The van der Waals surface area contributed by atoms with Crippen molar-refractivity contribution in [2.75, 3.05) is 10.6 Å². The molecule has 6 rings (SSSR count). The Morgan fingerprint density at radius 1 is 0.698 bits per heavy atom. The lowest BCUT2D eigenvalue weighted by atomic mass is 10.1. The maximum absolute atomic E-state index is 12.8. The number of hydrogen-bond acceptors (Lipinski definition) is 10. The van der Waals surface area contributed by atoms with Crippen molar-refractivity contribution in [1.82, 2.24) is 24.5 Å². The number of anilines is 2. The lowest BCUT2D eigenvalue weighted by Gasteiger charge is -2.13. The van der Waals surface area contributed by atoms with E-state index in [1.165, 1.54) is 48.7 Å². The van der Waals surface area contributed by atoms with Crippen LogP contribution < -0.4 is 25.6 Å². The molecule has 0 aliphatic heterocycles. The van der Waals surface area contributed by atoms with Gasteiger partial charge in [0.15, 0.2) is 0 Å². The number of amides is 2. The van der Waals surface area contributed by atoms with Crippen molar-refractivity contribution in [2.45, 2.75) is 41.6 Å². The van der Waals surface area contributed by atoms with Crippen molar-refractivity contribution < 1.29 is 66.3 Å². The van der Waals surface area contributed by atoms with Gasteiger partial charge in [0.25, 0.3) is 0 Å². The SMILES string of the molecule is NS(=O)(=O)c1cc(NC(=O)Cc2ccccc2OC(F)F)ccc1-n1cc(C(F)(F)F)cn1.NS(=O)(=O)c1cc(NC(=O)Cc2cccnc2Cl)ccc1-n1cc(C(F)(F)F)cn1. The zero-order chi connectivity index (χ0) is 46.5. The van der Waals surface area contributed by atoms with E-state index in [9.17, 15) is 61.5 Å². The largest absolute Gasteiger partial charge is 0.435 e. The lowest BCUT2D eigenvalue weighted by Crippen LogP contribution is -2.18. The Morgan fingerprint density at radius 3 is 1.56 bits per heavy atom. The molecule has 334 valence electrons. The number of nitrogens with two attached hydrogens (primary N) is 2. The first-order valence-corrected chi connectivity index (χ1v) is 20.6. The third-order valence-electron chi connectivity index (χ3n) is 8.14. The summed E-state index contributed by atoms with van der Waals surface area (Å²) in [5.41, 5.74) is -2.04. The molecule has 3 aromatic heterocycles. The molecule has 0 radical (unpaired) electrons. The van der Waals surface area contributed by atoms with Gasteiger partial charge in [0.05, 0.1) is 47.7 Å². The number of sulfonamides is 2. The van der Waals surface area contributed by atoms with Gasteiger partial charge in [-0.3, -0.25) is 9.59 Å². The van der Waals surface area contributed by atoms with Crippen LogP contribution in [-0.2, 0) is 54.8 Å². The van der Waals surface area contributed by atoms with E-state index >= 15 is 0 Å². The molecule has 3 aromatic carbocycles. The number of alkyl halides is 8. The third-order valence-corrected chi connectivity index (χ3v) is 10.4. The molecule has 0 aliphatic rings. The van der Waals surface area contributed by atoms with Gasteiger partial charge in [-0.25, -0.2) is 41.5 Å². The fraction of sp³-hybridized carbons (Fsp3) is 0.139. The number of aromatic nitrogens is 5. The molecular weight excluding hydrogens is 922 g/mol. The molecule has 0 saturated carbocycles. The maximum Gasteiger partial charge on any atom is 0.419 e. The zero-order valence-corrected chi connectivity index (χ0v) is 33.7. The van der Waals surface area contributed by atoms with E-state index in [2.05, 4.69) is 30.6 Å². The Morgan fingerprint density at radius 2 is 1.14 bits per heavy atom. The predicted molar refractivity (Wildman–Crippen MR) is 207 cm³/mol. The fourth-order valence-corrected chi connectivity index (χ4v) is 7.06. The van der Waals surface area contributed by atoms with Gasteiger partial charge in [0, 0.05) is 35.5 Å². The van der Waals surface area contributed by atoms with E-state index in [0.29, 0.717) is 35.0 Å². The Labute approximate surface area is 355 Å². The monoisotopic (exact) mass is 949 g/mol. The zero-order valence-electron chi connectivity index (χ0n) is 31.3. The summed E-state index contributed by atoms with van der Waals surface area (Å²) in [7, 11) is -8.80. The molecule has 0 fully saturated rings. The summed E-state index contributed by atoms with van der Waals surface area (Å²) in [5.74, 6) is -1.43. The molecule has 0 unspecified atom stereocenters. The Balaban J connectivity index is 0.000000239. The summed E-state index contributed by atoms with van der Waals surface area (Å²) < 4.78 is 156. The van der Waals surface area contributed by atoms with E-state index in [1.807, 2.05) is 0 Å². The number of carbonyl (C=O) groups is 2. The van der Waals surface area contributed by atoms with Gasteiger partial charge in [-0.1, -0.05) is 35.9 Å². The minimum absolute atomic E-state index is 0.0526. The summed E-state index contributed by atoms with van der Waals surface area (Å²) in [4.78, 5) is 27.3.